The highest BCUT2D eigenvalue weighted by Crippen LogP contribution is 2.33. The smallest absolute Gasteiger partial charge is 0.323 e. The third-order valence-electron chi connectivity index (χ3n) is 1.98. The molecule has 84 valence electrons. The van der Waals surface area contributed by atoms with Crippen molar-refractivity contribution in [2.75, 3.05) is 19.0 Å². The maximum Gasteiger partial charge on any atom is 0.323 e. The summed E-state index contributed by atoms with van der Waals surface area (Å²) in [5.74, 6) is 0.388. The van der Waals surface area contributed by atoms with Gasteiger partial charge in [-0.05, 0) is 12.1 Å². The molecule has 1 aromatic carbocycles. The van der Waals surface area contributed by atoms with Crippen LogP contribution >= 0.6 is 23.2 Å². The van der Waals surface area contributed by atoms with E-state index in [9.17, 15) is 0 Å². The van der Waals surface area contributed by atoms with Crippen LogP contribution in [0.5, 0.6) is 0 Å². The lowest BCUT2D eigenvalue weighted by molar-refractivity contribution is 0.423. The van der Waals surface area contributed by atoms with Gasteiger partial charge in [-0.1, -0.05) is 34.4 Å². The molecule has 0 N–H and O–H groups in total. The molecule has 0 saturated carbocycles. The van der Waals surface area contributed by atoms with Gasteiger partial charge in [0.25, 0.3) is 0 Å². The summed E-state index contributed by atoms with van der Waals surface area (Å²) < 4.78 is 5.04. The summed E-state index contributed by atoms with van der Waals surface area (Å²) in [5, 5.41) is 4.83. The molecule has 0 aliphatic carbocycles. The first-order chi connectivity index (χ1) is 7.59. The van der Waals surface area contributed by atoms with Gasteiger partial charge in [0.05, 0.1) is 15.6 Å². The highest BCUT2D eigenvalue weighted by molar-refractivity contribution is 6.38. The molecule has 0 bridgehead atoms. The van der Waals surface area contributed by atoms with Crippen molar-refractivity contribution in [3.8, 4) is 11.4 Å². The van der Waals surface area contributed by atoms with E-state index in [1.807, 2.05) is 14.1 Å². The minimum atomic E-state index is 0.388. The van der Waals surface area contributed by atoms with Gasteiger partial charge in [-0.25, -0.2) is 0 Å². The Morgan fingerprint density at radius 2 is 1.81 bits per heavy atom. The standard InChI is InChI=1S/C10H9Cl2N3O/c1-15(2)10-13-9(14-16-10)8-6(11)4-3-5-7(8)12/h3-5H,1-2H3. The maximum atomic E-state index is 6.03. The van der Waals surface area contributed by atoms with Gasteiger partial charge in [0, 0.05) is 14.1 Å². The number of hydrogen-bond donors (Lipinski definition) is 0. The van der Waals surface area contributed by atoms with E-state index in [1.54, 1.807) is 23.1 Å². The Balaban J connectivity index is 2.50. The second-order valence-electron chi connectivity index (χ2n) is 3.39. The van der Waals surface area contributed by atoms with E-state index >= 15 is 0 Å². The van der Waals surface area contributed by atoms with Crippen molar-refractivity contribution in [2.24, 2.45) is 0 Å². The molecular formula is C10H9Cl2N3O. The van der Waals surface area contributed by atoms with Crippen LogP contribution in [0.25, 0.3) is 11.4 Å². The summed E-state index contributed by atoms with van der Waals surface area (Å²) in [4.78, 5) is 5.89. The number of halogens is 2. The van der Waals surface area contributed by atoms with Crippen LogP contribution in [-0.4, -0.2) is 24.2 Å². The SMILES string of the molecule is CN(C)c1nc(-c2c(Cl)cccc2Cl)no1. The molecule has 0 aliphatic heterocycles. The minimum absolute atomic E-state index is 0.388. The summed E-state index contributed by atoms with van der Waals surface area (Å²) in [6.07, 6.45) is 0. The molecule has 0 amide bonds. The first-order valence-electron chi connectivity index (χ1n) is 4.55. The van der Waals surface area contributed by atoms with Crippen molar-refractivity contribution in [2.45, 2.75) is 0 Å². The fourth-order valence-corrected chi connectivity index (χ4v) is 1.78. The van der Waals surface area contributed by atoms with Crippen molar-refractivity contribution in [1.82, 2.24) is 10.1 Å². The van der Waals surface area contributed by atoms with Crippen molar-refractivity contribution in [3.63, 3.8) is 0 Å². The molecule has 6 heteroatoms. The van der Waals surface area contributed by atoms with Crippen LogP contribution in [0.3, 0.4) is 0 Å². The first kappa shape index (κ1) is 11.2. The van der Waals surface area contributed by atoms with E-state index in [0.717, 1.165) is 0 Å². The van der Waals surface area contributed by atoms with Crippen LogP contribution < -0.4 is 4.90 Å². The van der Waals surface area contributed by atoms with Gasteiger partial charge in [-0.2, -0.15) is 4.98 Å². The maximum absolute atomic E-state index is 6.03. The zero-order chi connectivity index (χ0) is 11.7. The molecule has 0 atom stereocenters. The number of anilines is 1. The Morgan fingerprint density at radius 1 is 1.19 bits per heavy atom. The van der Waals surface area contributed by atoms with Crippen LogP contribution in [0.2, 0.25) is 10.0 Å². The minimum Gasteiger partial charge on any atom is -0.331 e. The van der Waals surface area contributed by atoms with E-state index in [0.29, 0.717) is 27.4 Å². The molecule has 0 fully saturated rings. The largest absolute Gasteiger partial charge is 0.331 e. The number of aromatic nitrogens is 2. The lowest BCUT2D eigenvalue weighted by Crippen LogP contribution is -2.08. The average Bonchev–Trinajstić information content (AvgIpc) is 2.66. The number of nitrogens with zero attached hydrogens (tertiary/aromatic N) is 3. The molecule has 0 aliphatic rings. The van der Waals surface area contributed by atoms with Crippen molar-refractivity contribution < 1.29 is 4.52 Å². The molecule has 4 nitrogen and oxygen atoms in total. The van der Waals surface area contributed by atoms with Gasteiger partial charge in [0.15, 0.2) is 0 Å². The highest BCUT2D eigenvalue weighted by atomic mass is 35.5. The molecule has 16 heavy (non-hydrogen) atoms. The monoisotopic (exact) mass is 257 g/mol. The van der Waals surface area contributed by atoms with Gasteiger partial charge < -0.3 is 9.42 Å². The third kappa shape index (κ3) is 1.99. The van der Waals surface area contributed by atoms with E-state index in [4.69, 9.17) is 27.7 Å². The van der Waals surface area contributed by atoms with Gasteiger partial charge in [0.2, 0.25) is 5.82 Å². The average molecular weight is 258 g/mol. The third-order valence-corrected chi connectivity index (χ3v) is 2.61. The molecule has 2 rings (SSSR count). The highest BCUT2D eigenvalue weighted by Gasteiger charge is 2.15. The summed E-state index contributed by atoms with van der Waals surface area (Å²) in [5.41, 5.74) is 0.586. The van der Waals surface area contributed by atoms with Gasteiger partial charge in [-0.15, -0.1) is 0 Å². The van der Waals surface area contributed by atoms with E-state index in [1.165, 1.54) is 0 Å². The van der Waals surface area contributed by atoms with E-state index in [2.05, 4.69) is 10.1 Å². The Kier molecular flexibility index (Phi) is 3.03. The lowest BCUT2D eigenvalue weighted by Gasteiger charge is -2.03. The van der Waals surface area contributed by atoms with E-state index < -0.39 is 0 Å². The Bertz CT molecular complexity index is 490. The molecule has 0 unspecified atom stereocenters. The Morgan fingerprint density at radius 3 is 2.31 bits per heavy atom. The number of hydrogen-bond acceptors (Lipinski definition) is 4. The number of benzene rings is 1. The second kappa shape index (κ2) is 4.31. The molecule has 0 saturated heterocycles. The molecular weight excluding hydrogens is 249 g/mol. The van der Waals surface area contributed by atoms with Crippen LogP contribution in [0.15, 0.2) is 22.7 Å². The first-order valence-corrected chi connectivity index (χ1v) is 5.30. The predicted octanol–water partition coefficient (Wildman–Crippen LogP) is 3.11. The fraction of sp³-hybridized carbons (Fsp3) is 0.200. The quantitative estimate of drug-likeness (QED) is 0.829. The summed E-state index contributed by atoms with van der Waals surface area (Å²) in [7, 11) is 3.62. The van der Waals surface area contributed by atoms with Crippen LogP contribution in [0.4, 0.5) is 6.01 Å². The molecule has 0 radical (unpaired) electrons. The van der Waals surface area contributed by atoms with Gasteiger partial charge in [0.1, 0.15) is 0 Å². The van der Waals surface area contributed by atoms with Gasteiger partial charge in [-0.3, -0.25) is 0 Å². The zero-order valence-corrected chi connectivity index (χ0v) is 10.2. The van der Waals surface area contributed by atoms with E-state index in [-0.39, 0.29) is 0 Å². The van der Waals surface area contributed by atoms with Crippen LogP contribution in [-0.2, 0) is 0 Å². The molecule has 2 aromatic rings. The summed E-state index contributed by atoms with van der Waals surface area (Å²) >= 11 is 12.1. The van der Waals surface area contributed by atoms with Gasteiger partial charge >= 0.3 is 6.01 Å². The second-order valence-corrected chi connectivity index (χ2v) is 4.21. The van der Waals surface area contributed by atoms with Crippen LogP contribution in [0.1, 0.15) is 0 Å². The summed E-state index contributed by atoms with van der Waals surface area (Å²) in [6.45, 7) is 0. The van der Waals surface area contributed by atoms with Crippen molar-refractivity contribution in [3.05, 3.63) is 28.2 Å². The Labute approximate surface area is 103 Å². The zero-order valence-electron chi connectivity index (χ0n) is 8.74. The van der Waals surface area contributed by atoms with Crippen molar-refractivity contribution >= 4 is 29.2 Å². The lowest BCUT2D eigenvalue weighted by atomic mass is 10.2. The fourth-order valence-electron chi connectivity index (χ4n) is 1.21. The Hall–Kier alpha value is -1.26. The molecule has 0 spiro atoms. The summed E-state index contributed by atoms with van der Waals surface area (Å²) in [6, 6.07) is 5.63. The molecule has 1 heterocycles. The van der Waals surface area contributed by atoms with Crippen molar-refractivity contribution in [1.29, 1.82) is 0 Å². The predicted molar refractivity (Wildman–Crippen MR) is 64.1 cm³/mol. The molecule has 1 aromatic heterocycles. The normalized spacial score (nSPS) is 10.5. The number of rotatable bonds is 2. The topological polar surface area (TPSA) is 42.2 Å². The van der Waals surface area contributed by atoms with Crippen LogP contribution in [0, 0.1) is 0 Å².